The van der Waals surface area contributed by atoms with Gasteiger partial charge in [0.1, 0.15) is 0 Å². The van der Waals surface area contributed by atoms with E-state index in [9.17, 15) is 9.59 Å². The molecule has 20 heavy (non-hydrogen) atoms. The van der Waals surface area contributed by atoms with Gasteiger partial charge in [-0.05, 0) is 37.6 Å². The molecular weight excluding hydrogens is 322 g/mol. The van der Waals surface area contributed by atoms with Crippen molar-refractivity contribution in [3.63, 3.8) is 0 Å². The van der Waals surface area contributed by atoms with Crippen LogP contribution in [0.4, 0.5) is 5.69 Å². The lowest BCUT2D eigenvalue weighted by molar-refractivity contribution is -0.157. The Kier molecular flexibility index (Phi) is 4.32. The Morgan fingerprint density at radius 1 is 1.20 bits per heavy atom. The molecule has 2 rings (SSSR count). The number of anilines is 1. The largest absolute Gasteiger partial charge is 0.399 e. The molecule has 0 unspecified atom stereocenters. The van der Waals surface area contributed by atoms with Gasteiger partial charge in [0.15, 0.2) is 0 Å². The van der Waals surface area contributed by atoms with Crippen molar-refractivity contribution in [2.75, 3.05) is 18.8 Å². The monoisotopic (exact) mass is 339 g/mol. The Morgan fingerprint density at radius 2 is 1.90 bits per heavy atom. The van der Waals surface area contributed by atoms with Crippen molar-refractivity contribution in [3.8, 4) is 0 Å². The average molecular weight is 340 g/mol. The SMILES string of the molecule is CC(C)N1CCN(Cc2cc(N)cc(Br)c2)C(=O)C1=O. The zero-order valence-corrected chi connectivity index (χ0v) is 13.2. The lowest BCUT2D eigenvalue weighted by atomic mass is 10.1. The van der Waals surface area contributed by atoms with E-state index in [1.165, 1.54) is 0 Å². The van der Waals surface area contributed by atoms with E-state index >= 15 is 0 Å². The first kappa shape index (κ1) is 14.8. The number of amides is 2. The van der Waals surface area contributed by atoms with Gasteiger partial charge in [-0.15, -0.1) is 0 Å². The molecule has 1 aliphatic heterocycles. The molecule has 0 radical (unpaired) electrons. The van der Waals surface area contributed by atoms with Gasteiger partial charge in [0, 0.05) is 35.8 Å². The third kappa shape index (κ3) is 3.12. The van der Waals surface area contributed by atoms with Crippen LogP contribution in [-0.2, 0) is 16.1 Å². The summed E-state index contributed by atoms with van der Waals surface area (Å²) >= 11 is 3.37. The lowest BCUT2D eigenvalue weighted by Crippen LogP contribution is -2.55. The Labute approximate surface area is 126 Å². The number of carbonyl (C=O) groups is 2. The van der Waals surface area contributed by atoms with Crippen molar-refractivity contribution < 1.29 is 9.59 Å². The number of piperazine rings is 1. The van der Waals surface area contributed by atoms with E-state index in [2.05, 4.69) is 15.9 Å². The highest BCUT2D eigenvalue weighted by atomic mass is 79.9. The van der Waals surface area contributed by atoms with Crippen LogP contribution in [0.15, 0.2) is 22.7 Å². The summed E-state index contributed by atoms with van der Waals surface area (Å²) in [5.74, 6) is -0.863. The summed E-state index contributed by atoms with van der Waals surface area (Å²) in [7, 11) is 0. The van der Waals surface area contributed by atoms with Gasteiger partial charge < -0.3 is 15.5 Å². The predicted molar refractivity (Wildman–Crippen MR) is 80.8 cm³/mol. The third-order valence-corrected chi connectivity index (χ3v) is 3.78. The zero-order valence-electron chi connectivity index (χ0n) is 11.6. The highest BCUT2D eigenvalue weighted by Gasteiger charge is 2.33. The molecule has 2 amide bonds. The van der Waals surface area contributed by atoms with E-state index in [4.69, 9.17) is 5.73 Å². The molecule has 0 spiro atoms. The molecule has 0 bridgehead atoms. The molecule has 5 nitrogen and oxygen atoms in total. The van der Waals surface area contributed by atoms with Crippen molar-refractivity contribution >= 4 is 33.4 Å². The standard InChI is InChI=1S/C14H18BrN3O2/c1-9(2)18-4-3-17(13(19)14(18)20)8-10-5-11(15)7-12(16)6-10/h5-7,9H,3-4,8,16H2,1-2H3. The summed E-state index contributed by atoms with van der Waals surface area (Å²) in [4.78, 5) is 27.3. The van der Waals surface area contributed by atoms with Gasteiger partial charge in [-0.3, -0.25) is 9.59 Å². The van der Waals surface area contributed by atoms with E-state index in [-0.39, 0.29) is 6.04 Å². The lowest BCUT2D eigenvalue weighted by Gasteiger charge is -2.36. The molecule has 0 aromatic heterocycles. The minimum absolute atomic E-state index is 0.0510. The van der Waals surface area contributed by atoms with Crippen molar-refractivity contribution in [2.24, 2.45) is 0 Å². The number of hydrogen-bond donors (Lipinski definition) is 1. The summed E-state index contributed by atoms with van der Waals surface area (Å²) < 4.78 is 0.868. The molecule has 1 heterocycles. The van der Waals surface area contributed by atoms with E-state index < -0.39 is 11.8 Å². The zero-order chi connectivity index (χ0) is 14.9. The fourth-order valence-corrected chi connectivity index (χ4v) is 2.88. The maximum absolute atomic E-state index is 12.1. The van der Waals surface area contributed by atoms with Crippen molar-refractivity contribution in [1.29, 1.82) is 0 Å². The fraction of sp³-hybridized carbons (Fsp3) is 0.429. The van der Waals surface area contributed by atoms with Gasteiger partial charge in [-0.25, -0.2) is 0 Å². The van der Waals surface area contributed by atoms with E-state index in [0.717, 1.165) is 10.0 Å². The minimum Gasteiger partial charge on any atom is -0.399 e. The molecule has 1 aromatic carbocycles. The minimum atomic E-state index is -0.441. The second-order valence-electron chi connectivity index (χ2n) is 5.21. The summed E-state index contributed by atoms with van der Waals surface area (Å²) in [6.07, 6.45) is 0. The summed E-state index contributed by atoms with van der Waals surface area (Å²) in [5.41, 5.74) is 7.33. The number of nitrogens with zero attached hydrogens (tertiary/aromatic N) is 2. The van der Waals surface area contributed by atoms with Gasteiger partial charge in [-0.1, -0.05) is 15.9 Å². The number of nitrogens with two attached hydrogens (primary N) is 1. The smallest absolute Gasteiger partial charge is 0.312 e. The molecular formula is C14H18BrN3O2. The number of hydrogen-bond acceptors (Lipinski definition) is 3. The molecule has 1 aliphatic rings. The number of benzene rings is 1. The molecule has 0 atom stereocenters. The van der Waals surface area contributed by atoms with Gasteiger partial charge in [-0.2, -0.15) is 0 Å². The van der Waals surface area contributed by atoms with Crippen molar-refractivity contribution in [3.05, 3.63) is 28.2 Å². The summed E-state index contributed by atoms with van der Waals surface area (Å²) in [6, 6.07) is 5.57. The van der Waals surface area contributed by atoms with Crippen molar-refractivity contribution in [1.82, 2.24) is 9.80 Å². The molecule has 6 heteroatoms. The van der Waals surface area contributed by atoms with E-state index in [1.54, 1.807) is 15.9 Å². The van der Waals surface area contributed by atoms with Gasteiger partial charge in [0.05, 0.1) is 0 Å². The van der Waals surface area contributed by atoms with Crippen LogP contribution in [0.3, 0.4) is 0 Å². The number of halogens is 1. The van der Waals surface area contributed by atoms with Gasteiger partial charge >= 0.3 is 11.8 Å². The van der Waals surface area contributed by atoms with Crippen LogP contribution in [0.2, 0.25) is 0 Å². The Balaban J connectivity index is 2.11. The second kappa shape index (κ2) is 5.83. The molecule has 1 fully saturated rings. The van der Waals surface area contributed by atoms with Gasteiger partial charge in [0.25, 0.3) is 0 Å². The van der Waals surface area contributed by atoms with Gasteiger partial charge in [0.2, 0.25) is 0 Å². The molecule has 1 saturated heterocycles. The first-order valence-electron chi connectivity index (χ1n) is 6.53. The quantitative estimate of drug-likeness (QED) is 0.672. The van der Waals surface area contributed by atoms with Crippen LogP contribution in [0.5, 0.6) is 0 Å². The maximum Gasteiger partial charge on any atom is 0.312 e. The van der Waals surface area contributed by atoms with Crippen LogP contribution in [-0.4, -0.2) is 40.7 Å². The normalized spacial score (nSPS) is 16.2. The van der Waals surface area contributed by atoms with E-state index in [1.807, 2.05) is 26.0 Å². The highest BCUT2D eigenvalue weighted by Crippen LogP contribution is 2.20. The van der Waals surface area contributed by atoms with Crippen LogP contribution in [0.1, 0.15) is 19.4 Å². The number of carbonyl (C=O) groups excluding carboxylic acids is 2. The summed E-state index contributed by atoms with van der Waals surface area (Å²) in [5, 5.41) is 0. The topological polar surface area (TPSA) is 66.6 Å². The van der Waals surface area contributed by atoms with Crippen LogP contribution in [0.25, 0.3) is 0 Å². The first-order chi connectivity index (χ1) is 9.38. The van der Waals surface area contributed by atoms with Crippen LogP contribution >= 0.6 is 15.9 Å². The van der Waals surface area contributed by atoms with E-state index in [0.29, 0.717) is 25.3 Å². The van der Waals surface area contributed by atoms with Crippen LogP contribution in [0, 0.1) is 0 Å². The molecule has 0 saturated carbocycles. The fourth-order valence-electron chi connectivity index (χ4n) is 2.32. The molecule has 108 valence electrons. The molecule has 1 aromatic rings. The highest BCUT2D eigenvalue weighted by molar-refractivity contribution is 9.10. The Hall–Kier alpha value is -1.56. The molecule has 2 N–H and O–H groups in total. The Bertz CT molecular complexity index is 525. The predicted octanol–water partition coefficient (Wildman–Crippen LogP) is 1.61. The van der Waals surface area contributed by atoms with Crippen LogP contribution < -0.4 is 5.73 Å². The number of nitrogen functional groups attached to an aromatic ring is 1. The van der Waals surface area contributed by atoms with Crippen molar-refractivity contribution in [2.45, 2.75) is 26.4 Å². The first-order valence-corrected chi connectivity index (χ1v) is 7.32. The average Bonchev–Trinajstić information content (AvgIpc) is 2.33. The Morgan fingerprint density at radius 3 is 2.50 bits per heavy atom. The number of rotatable bonds is 3. The third-order valence-electron chi connectivity index (χ3n) is 3.32. The second-order valence-corrected chi connectivity index (χ2v) is 6.13. The maximum atomic E-state index is 12.1. The summed E-state index contributed by atoms with van der Waals surface area (Å²) in [6.45, 7) is 5.35. The molecule has 0 aliphatic carbocycles.